The highest BCUT2D eigenvalue weighted by Crippen LogP contribution is 2.21. The Hall–Kier alpha value is -1.83. The van der Waals surface area contributed by atoms with Gasteiger partial charge in [-0.3, -0.25) is 4.79 Å². The van der Waals surface area contributed by atoms with Crippen molar-refractivity contribution in [3.05, 3.63) is 65.2 Å². The number of nitrogens with one attached hydrogen (secondary N) is 1. The molecule has 1 aliphatic rings. The molecular formula is C21H26N2O3S2. The molecule has 2 aromatic rings. The second-order valence-electron chi connectivity index (χ2n) is 6.77. The molecule has 1 amide bonds. The lowest BCUT2D eigenvalue weighted by Gasteiger charge is -2.15. The van der Waals surface area contributed by atoms with Gasteiger partial charge in [0.2, 0.25) is 10.0 Å². The van der Waals surface area contributed by atoms with Crippen molar-refractivity contribution >= 4 is 27.7 Å². The Morgan fingerprint density at radius 3 is 2.21 bits per heavy atom. The SMILES string of the molecule is CCSCc1ccc(C(=O)NCc2ccc(S(=O)(=O)N3CCCC3)cc2)cc1. The Bertz CT molecular complexity index is 888. The summed E-state index contributed by atoms with van der Waals surface area (Å²) >= 11 is 1.85. The van der Waals surface area contributed by atoms with E-state index in [2.05, 4.69) is 12.2 Å². The van der Waals surface area contributed by atoms with Gasteiger partial charge >= 0.3 is 0 Å². The van der Waals surface area contributed by atoms with Crippen LogP contribution in [-0.2, 0) is 22.3 Å². The highest BCUT2D eigenvalue weighted by Gasteiger charge is 2.26. The minimum atomic E-state index is -3.40. The number of rotatable bonds is 8. The molecule has 28 heavy (non-hydrogen) atoms. The topological polar surface area (TPSA) is 66.5 Å². The van der Waals surface area contributed by atoms with Crippen molar-refractivity contribution in [2.75, 3.05) is 18.8 Å². The Balaban J connectivity index is 1.56. The molecule has 5 nitrogen and oxygen atoms in total. The van der Waals surface area contributed by atoms with Crippen LogP contribution in [0.4, 0.5) is 0 Å². The van der Waals surface area contributed by atoms with E-state index in [1.54, 1.807) is 24.3 Å². The first-order valence-corrected chi connectivity index (χ1v) is 12.1. The van der Waals surface area contributed by atoms with Crippen molar-refractivity contribution in [3.8, 4) is 0 Å². The second-order valence-corrected chi connectivity index (χ2v) is 9.98. The summed E-state index contributed by atoms with van der Waals surface area (Å²) < 4.78 is 26.6. The molecule has 0 aliphatic carbocycles. The number of thioether (sulfide) groups is 1. The lowest BCUT2D eigenvalue weighted by Crippen LogP contribution is -2.28. The minimum Gasteiger partial charge on any atom is -0.348 e. The molecule has 0 atom stereocenters. The summed E-state index contributed by atoms with van der Waals surface area (Å²) in [5.41, 5.74) is 2.70. The zero-order valence-corrected chi connectivity index (χ0v) is 17.7. The molecule has 0 bridgehead atoms. The third-order valence-electron chi connectivity index (χ3n) is 4.77. The quantitative estimate of drug-likeness (QED) is 0.711. The number of amides is 1. The van der Waals surface area contributed by atoms with Gasteiger partial charge in [0.15, 0.2) is 0 Å². The van der Waals surface area contributed by atoms with Gasteiger partial charge in [0.25, 0.3) is 5.91 Å². The molecule has 2 aromatic carbocycles. The van der Waals surface area contributed by atoms with Gasteiger partial charge in [-0.05, 0) is 54.0 Å². The molecule has 1 aliphatic heterocycles. The summed E-state index contributed by atoms with van der Waals surface area (Å²) in [6.45, 7) is 3.67. The molecule has 1 heterocycles. The van der Waals surface area contributed by atoms with Crippen molar-refractivity contribution in [1.29, 1.82) is 0 Å². The summed E-state index contributed by atoms with van der Waals surface area (Å²) in [6, 6.07) is 14.4. The van der Waals surface area contributed by atoms with E-state index in [1.165, 1.54) is 9.87 Å². The van der Waals surface area contributed by atoms with E-state index in [-0.39, 0.29) is 5.91 Å². The molecule has 1 fully saturated rings. The largest absolute Gasteiger partial charge is 0.348 e. The van der Waals surface area contributed by atoms with Crippen LogP contribution in [0.2, 0.25) is 0 Å². The summed E-state index contributed by atoms with van der Waals surface area (Å²) in [5, 5.41) is 2.89. The third kappa shape index (κ3) is 5.16. The average Bonchev–Trinajstić information content (AvgIpc) is 3.27. The predicted octanol–water partition coefficient (Wildman–Crippen LogP) is 3.65. The fraction of sp³-hybridized carbons (Fsp3) is 0.381. The maximum Gasteiger partial charge on any atom is 0.251 e. The number of sulfonamides is 1. The number of carbonyl (C=O) groups excluding carboxylic acids is 1. The summed E-state index contributed by atoms with van der Waals surface area (Å²) in [7, 11) is -3.40. The average molecular weight is 419 g/mol. The van der Waals surface area contributed by atoms with Gasteiger partial charge < -0.3 is 5.32 Å². The molecule has 0 spiro atoms. The highest BCUT2D eigenvalue weighted by atomic mass is 32.2. The lowest BCUT2D eigenvalue weighted by atomic mass is 10.1. The van der Waals surface area contributed by atoms with Crippen molar-refractivity contribution in [3.63, 3.8) is 0 Å². The smallest absolute Gasteiger partial charge is 0.251 e. The number of nitrogens with zero attached hydrogens (tertiary/aromatic N) is 1. The first-order valence-electron chi connectivity index (χ1n) is 9.54. The van der Waals surface area contributed by atoms with Crippen LogP contribution in [0.15, 0.2) is 53.4 Å². The van der Waals surface area contributed by atoms with Crippen molar-refractivity contribution in [1.82, 2.24) is 9.62 Å². The van der Waals surface area contributed by atoms with Crippen LogP contribution < -0.4 is 5.32 Å². The van der Waals surface area contributed by atoms with Crippen LogP contribution in [0.25, 0.3) is 0 Å². The van der Waals surface area contributed by atoms with Crippen LogP contribution in [0.1, 0.15) is 41.3 Å². The molecule has 150 valence electrons. The third-order valence-corrected chi connectivity index (χ3v) is 7.63. The maximum atomic E-state index is 12.5. The molecule has 0 unspecified atom stereocenters. The zero-order valence-electron chi connectivity index (χ0n) is 16.1. The first kappa shape index (κ1) is 20.9. The van der Waals surface area contributed by atoms with E-state index in [0.29, 0.717) is 30.1 Å². The lowest BCUT2D eigenvalue weighted by molar-refractivity contribution is 0.0951. The molecular weight excluding hydrogens is 392 g/mol. The number of hydrogen-bond acceptors (Lipinski definition) is 4. The van der Waals surface area contributed by atoms with E-state index >= 15 is 0 Å². The molecule has 0 aromatic heterocycles. The summed E-state index contributed by atoms with van der Waals surface area (Å²) in [6.07, 6.45) is 1.84. The number of hydrogen-bond donors (Lipinski definition) is 1. The van der Waals surface area contributed by atoms with Crippen LogP contribution in [0.5, 0.6) is 0 Å². The number of benzene rings is 2. The van der Waals surface area contributed by atoms with E-state index < -0.39 is 10.0 Å². The van der Waals surface area contributed by atoms with E-state index in [4.69, 9.17) is 0 Å². The van der Waals surface area contributed by atoms with Crippen LogP contribution >= 0.6 is 11.8 Å². The van der Waals surface area contributed by atoms with Crippen LogP contribution in [-0.4, -0.2) is 37.5 Å². The van der Waals surface area contributed by atoms with Gasteiger partial charge in [-0.2, -0.15) is 16.1 Å². The Morgan fingerprint density at radius 2 is 1.61 bits per heavy atom. The second kappa shape index (κ2) is 9.58. The number of carbonyl (C=O) groups is 1. The van der Waals surface area contributed by atoms with Crippen molar-refractivity contribution in [2.45, 2.75) is 37.0 Å². The standard InChI is InChI=1S/C21H26N2O3S2/c1-2-27-16-18-5-9-19(10-6-18)21(24)22-15-17-7-11-20(12-8-17)28(25,26)23-13-3-4-14-23/h5-12H,2-4,13-16H2,1H3,(H,22,24). The maximum absolute atomic E-state index is 12.5. The van der Waals surface area contributed by atoms with Gasteiger partial charge in [-0.15, -0.1) is 0 Å². The molecule has 1 N–H and O–H groups in total. The molecule has 0 saturated carbocycles. The molecule has 3 rings (SSSR count). The fourth-order valence-corrected chi connectivity index (χ4v) is 5.26. The monoisotopic (exact) mass is 418 g/mol. The molecule has 1 saturated heterocycles. The van der Waals surface area contributed by atoms with Gasteiger partial charge in [-0.1, -0.05) is 31.2 Å². The predicted molar refractivity (Wildman–Crippen MR) is 114 cm³/mol. The van der Waals surface area contributed by atoms with E-state index in [1.807, 2.05) is 36.0 Å². The van der Waals surface area contributed by atoms with Gasteiger partial charge in [0.05, 0.1) is 4.90 Å². The first-order chi connectivity index (χ1) is 13.5. The summed E-state index contributed by atoms with van der Waals surface area (Å²) in [5.74, 6) is 1.88. The van der Waals surface area contributed by atoms with Crippen LogP contribution in [0.3, 0.4) is 0 Å². The Labute approximate surface area is 171 Å². The molecule has 7 heteroatoms. The van der Waals surface area contributed by atoms with E-state index in [0.717, 1.165) is 29.9 Å². The minimum absolute atomic E-state index is 0.136. The van der Waals surface area contributed by atoms with Gasteiger partial charge in [0.1, 0.15) is 0 Å². The van der Waals surface area contributed by atoms with Crippen LogP contribution in [0, 0.1) is 0 Å². The van der Waals surface area contributed by atoms with E-state index in [9.17, 15) is 13.2 Å². The Morgan fingerprint density at radius 1 is 1.00 bits per heavy atom. The van der Waals surface area contributed by atoms with Gasteiger partial charge in [-0.25, -0.2) is 8.42 Å². The molecule has 0 radical (unpaired) electrons. The Kier molecular flexibility index (Phi) is 7.15. The van der Waals surface area contributed by atoms with Gasteiger partial charge in [0, 0.05) is 31.0 Å². The van der Waals surface area contributed by atoms with Crippen molar-refractivity contribution < 1.29 is 13.2 Å². The zero-order chi connectivity index (χ0) is 20.0. The van der Waals surface area contributed by atoms with Crippen molar-refractivity contribution in [2.24, 2.45) is 0 Å². The normalized spacial score (nSPS) is 14.9. The highest BCUT2D eigenvalue weighted by molar-refractivity contribution is 7.98. The fourth-order valence-electron chi connectivity index (χ4n) is 3.11. The summed E-state index contributed by atoms with van der Waals surface area (Å²) in [4.78, 5) is 12.6.